The van der Waals surface area contributed by atoms with Gasteiger partial charge in [0, 0.05) is 39.1 Å². The van der Waals surface area contributed by atoms with Gasteiger partial charge in [-0.05, 0) is 18.8 Å². The monoisotopic (exact) mass is 318 g/mol. The van der Waals surface area contributed by atoms with Gasteiger partial charge in [-0.15, -0.1) is 0 Å². The molecule has 0 aliphatic heterocycles. The minimum absolute atomic E-state index is 0. The van der Waals surface area contributed by atoms with Crippen LogP contribution in [0.25, 0.3) is 0 Å². The van der Waals surface area contributed by atoms with E-state index in [-0.39, 0.29) is 45.0 Å². The van der Waals surface area contributed by atoms with Gasteiger partial charge in [0.25, 0.3) is 0 Å². The summed E-state index contributed by atoms with van der Waals surface area (Å²) in [6.07, 6.45) is -3.02. The van der Waals surface area contributed by atoms with Crippen molar-refractivity contribution in [2.45, 2.75) is 44.7 Å². The Labute approximate surface area is 126 Å². The summed E-state index contributed by atoms with van der Waals surface area (Å²) in [7, 11) is 0. The zero-order valence-corrected chi connectivity index (χ0v) is 12.8. The third kappa shape index (κ3) is 7.20. The Hall–Kier alpha value is 0.114. The van der Waals surface area contributed by atoms with E-state index >= 15 is 0 Å². The average molecular weight is 318 g/mol. The molecule has 1 radical (unpaired) electrons. The van der Waals surface area contributed by atoms with Crippen LogP contribution in [0, 0.1) is 6.07 Å². The molecule has 0 nitrogen and oxygen atoms in total. The minimum atomic E-state index is -4.03. The Morgan fingerprint density at radius 2 is 1.82 bits per heavy atom. The quantitative estimate of drug-likeness (QED) is 0.690. The van der Waals surface area contributed by atoms with Crippen molar-refractivity contribution in [3.63, 3.8) is 0 Å². The molecule has 0 aliphatic carbocycles. The third-order valence-electron chi connectivity index (χ3n) is 2.72. The normalized spacial score (nSPS) is 12.9. The van der Waals surface area contributed by atoms with Crippen molar-refractivity contribution in [1.82, 2.24) is 0 Å². The van der Waals surface area contributed by atoms with E-state index in [1.807, 2.05) is 31.2 Å². The molecule has 1 atom stereocenters. The Balaban J connectivity index is 0.00000256. The van der Waals surface area contributed by atoms with Crippen LogP contribution in [0.1, 0.15) is 44.1 Å². The van der Waals surface area contributed by atoms with Gasteiger partial charge in [-0.3, -0.25) is 0 Å². The van der Waals surface area contributed by atoms with E-state index in [0.29, 0.717) is 6.42 Å². The molecule has 0 aromatic heterocycles. The standard InChI is InChI=1S/C13H16F3.Y/c1-2-11(9-6-10-13(14,15)16)12-7-4-3-5-8-12;/h4-5,7-8,11H,2,6,9-10H2,1H3;/q-1;. The van der Waals surface area contributed by atoms with E-state index in [2.05, 4.69) is 6.07 Å². The number of alkyl halides is 3. The number of halogens is 3. The van der Waals surface area contributed by atoms with Crippen LogP contribution in [-0.4, -0.2) is 6.18 Å². The first-order chi connectivity index (χ1) is 7.53. The number of hydrogen-bond donors (Lipinski definition) is 0. The molecular weight excluding hydrogens is 302 g/mol. The van der Waals surface area contributed by atoms with Gasteiger partial charge >= 0.3 is 6.18 Å². The second kappa shape index (κ2) is 8.26. The molecule has 1 aromatic carbocycles. The predicted octanol–water partition coefficient (Wildman–Crippen LogP) is 4.71. The molecule has 17 heavy (non-hydrogen) atoms. The Kier molecular flexibility index (Phi) is 8.31. The molecule has 0 saturated heterocycles. The Morgan fingerprint density at radius 1 is 1.24 bits per heavy atom. The molecule has 1 rings (SSSR count). The van der Waals surface area contributed by atoms with Crippen molar-refractivity contribution in [2.24, 2.45) is 0 Å². The van der Waals surface area contributed by atoms with Gasteiger partial charge in [-0.25, -0.2) is 0 Å². The average Bonchev–Trinajstić information content (AvgIpc) is 2.24. The third-order valence-corrected chi connectivity index (χ3v) is 2.72. The summed E-state index contributed by atoms with van der Waals surface area (Å²) in [5, 5.41) is 0. The summed E-state index contributed by atoms with van der Waals surface area (Å²) in [5.41, 5.74) is 1.11. The zero-order valence-electron chi connectivity index (χ0n) is 9.93. The van der Waals surface area contributed by atoms with Gasteiger partial charge in [0.2, 0.25) is 0 Å². The molecule has 4 heteroatoms. The molecule has 0 saturated carbocycles. The van der Waals surface area contributed by atoms with Crippen LogP contribution in [-0.2, 0) is 32.7 Å². The van der Waals surface area contributed by atoms with E-state index in [9.17, 15) is 13.2 Å². The first kappa shape index (κ1) is 17.1. The molecule has 0 amide bonds. The smallest absolute Gasteiger partial charge is 0.184 e. The Bertz CT molecular complexity index is 295. The summed E-state index contributed by atoms with van der Waals surface area (Å²) in [6, 6.07) is 10.4. The second-order valence-electron chi connectivity index (χ2n) is 3.95. The summed E-state index contributed by atoms with van der Waals surface area (Å²) in [6.45, 7) is 2.01. The molecule has 0 fully saturated rings. The maximum absolute atomic E-state index is 12.0. The molecule has 0 aliphatic rings. The first-order valence-corrected chi connectivity index (χ1v) is 5.55. The summed E-state index contributed by atoms with van der Waals surface area (Å²) in [4.78, 5) is 0. The molecule has 0 bridgehead atoms. The topological polar surface area (TPSA) is 0 Å². The van der Waals surface area contributed by atoms with Crippen LogP contribution in [0.3, 0.4) is 0 Å². The van der Waals surface area contributed by atoms with Crippen molar-refractivity contribution < 1.29 is 45.9 Å². The van der Waals surface area contributed by atoms with Gasteiger partial charge in [-0.1, -0.05) is 13.3 Å². The largest absolute Gasteiger partial charge is 0.389 e. The fourth-order valence-corrected chi connectivity index (χ4v) is 1.83. The zero-order chi connectivity index (χ0) is 12.0. The van der Waals surface area contributed by atoms with E-state index < -0.39 is 12.6 Å². The maximum Gasteiger partial charge on any atom is 0.389 e. The van der Waals surface area contributed by atoms with Crippen LogP contribution in [0.2, 0.25) is 0 Å². The molecular formula is C13H16F3Y-. The van der Waals surface area contributed by atoms with Crippen LogP contribution >= 0.6 is 0 Å². The molecule has 0 N–H and O–H groups in total. The van der Waals surface area contributed by atoms with E-state index in [1.54, 1.807) is 0 Å². The van der Waals surface area contributed by atoms with Crippen molar-refractivity contribution in [2.75, 3.05) is 0 Å². The van der Waals surface area contributed by atoms with Crippen LogP contribution in [0.15, 0.2) is 24.3 Å². The Morgan fingerprint density at radius 3 is 2.29 bits per heavy atom. The van der Waals surface area contributed by atoms with Gasteiger partial charge in [0.1, 0.15) is 0 Å². The SMILES string of the molecule is CCC(CCCC(F)(F)F)c1cc[c-]cc1.[Y]. The molecule has 0 heterocycles. The van der Waals surface area contributed by atoms with Crippen LogP contribution in [0.5, 0.6) is 0 Å². The number of rotatable bonds is 5. The second-order valence-corrected chi connectivity index (χ2v) is 3.95. The molecule has 1 aromatic rings. The van der Waals surface area contributed by atoms with Crippen LogP contribution < -0.4 is 0 Å². The molecule has 0 spiro atoms. The van der Waals surface area contributed by atoms with E-state index in [1.165, 1.54) is 0 Å². The van der Waals surface area contributed by atoms with Gasteiger partial charge < -0.3 is 0 Å². The van der Waals surface area contributed by atoms with Gasteiger partial charge in [-0.2, -0.15) is 49.1 Å². The minimum Gasteiger partial charge on any atom is -0.184 e. The maximum atomic E-state index is 12.0. The number of benzene rings is 1. The summed E-state index contributed by atoms with van der Waals surface area (Å²) >= 11 is 0. The molecule has 1 unspecified atom stereocenters. The predicted molar refractivity (Wildman–Crippen MR) is 58.2 cm³/mol. The van der Waals surface area contributed by atoms with E-state index in [4.69, 9.17) is 0 Å². The van der Waals surface area contributed by atoms with Crippen molar-refractivity contribution >= 4 is 0 Å². The van der Waals surface area contributed by atoms with Gasteiger partial charge in [0.05, 0.1) is 0 Å². The van der Waals surface area contributed by atoms with Crippen LogP contribution in [0.4, 0.5) is 13.2 Å². The fourth-order valence-electron chi connectivity index (χ4n) is 1.83. The van der Waals surface area contributed by atoms with Gasteiger partial charge in [0.15, 0.2) is 0 Å². The summed E-state index contributed by atoms with van der Waals surface area (Å²) in [5.74, 6) is 0.233. The van der Waals surface area contributed by atoms with Crippen molar-refractivity contribution in [1.29, 1.82) is 0 Å². The summed E-state index contributed by atoms with van der Waals surface area (Å²) < 4.78 is 36.0. The first-order valence-electron chi connectivity index (χ1n) is 5.55. The fraction of sp³-hybridized carbons (Fsp3) is 0.538. The van der Waals surface area contributed by atoms with Crippen molar-refractivity contribution in [3.8, 4) is 0 Å². The number of hydrogen-bond acceptors (Lipinski definition) is 0. The van der Waals surface area contributed by atoms with E-state index in [0.717, 1.165) is 12.0 Å². The molecule has 93 valence electrons. The van der Waals surface area contributed by atoms with Crippen molar-refractivity contribution in [3.05, 3.63) is 35.9 Å².